The van der Waals surface area contributed by atoms with E-state index in [0.717, 1.165) is 26.2 Å². The lowest BCUT2D eigenvalue weighted by Gasteiger charge is -2.36. The second kappa shape index (κ2) is 8.11. The first-order valence-electron chi connectivity index (χ1n) is 8.22. The predicted octanol–water partition coefficient (Wildman–Crippen LogP) is 1.55. The Morgan fingerprint density at radius 2 is 1.70 bits per heavy atom. The van der Waals surface area contributed by atoms with Crippen molar-refractivity contribution in [2.45, 2.75) is 19.8 Å². The number of hydrogen-bond acceptors (Lipinski definition) is 4. The van der Waals surface area contributed by atoms with Crippen molar-refractivity contribution in [1.82, 2.24) is 9.80 Å². The van der Waals surface area contributed by atoms with Crippen molar-refractivity contribution < 1.29 is 9.59 Å². The van der Waals surface area contributed by atoms with E-state index in [0.29, 0.717) is 19.4 Å². The molecule has 0 radical (unpaired) electrons. The van der Waals surface area contributed by atoms with Crippen molar-refractivity contribution in [3.63, 3.8) is 0 Å². The van der Waals surface area contributed by atoms with E-state index in [1.807, 2.05) is 30.0 Å². The highest BCUT2D eigenvalue weighted by Crippen LogP contribution is 2.21. The van der Waals surface area contributed by atoms with E-state index in [1.165, 1.54) is 11.3 Å². The summed E-state index contributed by atoms with van der Waals surface area (Å²) in [4.78, 5) is 30.0. The number of carbonyl (C=O) groups excluding carboxylic acids is 2. The number of Topliss-reactive ketones (excluding diaryl/α,β-unsaturated/α-hetero) is 1. The number of likely N-dealkylation sites (N-methyl/N-ethyl adjacent to an activating group) is 1. The third kappa shape index (κ3) is 5.06. The van der Waals surface area contributed by atoms with Gasteiger partial charge in [-0.25, -0.2) is 0 Å². The standard InChI is InChI=1S/C18H27N3O2/c1-15-6-4-5-7-17(15)20-10-12-21(13-11-20)18(23)9-8-16(22)14-19(2)3/h4-7H,8-14H2,1-3H3. The number of rotatable bonds is 6. The van der Waals surface area contributed by atoms with Crippen LogP contribution in [0.2, 0.25) is 0 Å². The van der Waals surface area contributed by atoms with Gasteiger partial charge in [-0.05, 0) is 32.6 Å². The molecule has 126 valence electrons. The summed E-state index contributed by atoms with van der Waals surface area (Å²) in [5.74, 6) is 0.225. The molecule has 1 saturated heterocycles. The molecule has 1 aromatic carbocycles. The monoisotopic (exact) mass is 317 g/mol. The van der Waals surface area contributed by atoms with Crippen molar-refractivity contribution in [2.75, 3.05) is 51.7 Å². The Bertz CT molecular complexity index is 549. The molecular weight excluding hydrogens is 290 g/mol. The Morgan fingerprint density at radius 3 is 2.30 bits per heavy atom. The summed E-state index contributed by atoms with van der Waals surface area (Å²) in [6.45, 7) is 5.69. The molecule has 1 fully saturated rings. The van der Waals surface area contributed by atoms with Gasteiger partial charge < -0.3 is 14.7 Å². The van der Waals surface area contributed by atoms with Crippen molar-refractivity contribution in [1.29, 1.82) is 0 Å². The summed E-state index contributed by atoms with van der Waals surface area (Å²) in [6.07, 6.45) is 0.673. The van der Waals surface area contributed by atoms with Crippen LogP contribution >= 0.6 is 0 Å². The van der Waals surface area contributed by atoms with Crippen molar-refractivity contribution in [3.05, 3.63) is 29.8 Å². The van der Waals surface area contributed by atoms with Gasteiger partial charge in [-0.15, -0.1) is 0 Å². The molecule has 0 N–H and O–H groups in total. The molecule has 0 aromatic heterocycles. The molecule has 1 amide bonds. The largest absolute Gasteiger partial charge is 0.368 e. The fraction of sp³-hybridized carbons (Fsp3) is 0.556. The van der Waals surface area contributed by atoms with Crippen LogP contribution in [0.15, 0.2) is 24.3 Å². The minimum Gasteiger partial charge on any atom is -0.368 e. The normalized spacial score (nSPS) is 15.1. The number of anilines is 1. The van der Waals surface area contributed by atoms with Gasteiger partial charge in [0.25, 0.3) is 0 Å². The molecule has 0 atom stereocenters. The first-order valence-corrected chi connectivity index (χ1v) is 8.22. The predicted molar refractivity (Wildman–Crippen MR) is 92.8 cm³/mol. The number of nitrogens with zero attached hydrogens (tertiary/aromatic N) is 3. The van der Waals surface area contributed by atoms with Crippen LogP contribution in [0.25, 0.3) is 0 Å². The maximum atomic E-state index is 12.2. The molecule has 0 unspecified atom stereocenters. The SMILES string of the molecule is Cc1ccccc1N1CCN(C(=O)CCC(=O)CN(C)C)CC1. The molecule has 0 aliphatic carbocycles. The van der Waals surface area contributed by atoms with Crippen LogP contribution in [0.4, 0.5) is 5.69 Å². The van der Waals surface area contributed by atoms with E-state index < -0.39 is 0 Å². The molecule has 5 nitrogen and oxygen atoms in total. The number of carbonyl (C=O) groups is 2. The second-order valence-electron chi connectivity index (χ2n) is 6.43. The summed E-state index contributed by atoms with van der Waals surface area (Å²) < 4.78 is 0. The lowest BCUT2D eigenvalue weighted by atomic mass is 10.1. The van der Waals surface area contributed by atoms with Gasteiger partial charge in [0.15, 0.2) is 0 Å². The zero-order valence-corrected chi connectivity index (χ0v) is 14.4. The van der Waals surface area contributed by atoms with Crippen molar-refractivity contribution >= 4 is 17.4 Å². The van der Waals surface area contributed by atoms with E-state index in [1.54, 1.807) is 0 Å². The number of benzene rings is 1. The van der Waals surface area contributed by atoms with E-state index >= 15 is 0 Å². The van der Waals surface area contributed by atoms with Crippen LogP contribution in [0.3, 0.4) is 0 Å². The number of aryl methyl sites for hydroxylation is 1. The van der Waals surface area contributed by atoms with Gasteiger partial charge in [-0.3, -0.25) is 9.59 Å². The lowest BCUT2D eigenvalue weighted by molar-refractivity contribution is -0.133. The second-order valence-corrected chi connectivity index (χ2v) is 6.43. The quantitative estimate of drug-likeness (QED) is 0.798. The van der Waals surface area contributed by atoms with Gasteiger partial charge in [0.05, 0.1) is 6.54 Å². The van der Waals surface area contributed by atoms with Gasteiger partial charge in [0.2, 0.25) is 5.91 Å². The topological polar surface area (TPSA) is 43.9 Å². The minimum atomic E-state index is 0.0986. The highest BCUT2D eigenvalue weighted by Gasteiger charge is 2.22. The van der Waals surface area contributed by atoms with Gasteiger partial charge in [-0.2, -0.15) is 0 Å². The van der Waals surface area contributed by atoms with Crippen molar-refractivity contribution in [3.8, 4) is 0 Å². The molecule has 1 aliphatic rings. The molecular formula is C18H27N3O2. The summed E-state index contributed by atoms with van der Waals surface area (Å²) >= 11 is 0. The van der Waals surface area contributed by atoms with Gasteiger partial charge in [-0.1, -0.05) is 18.2 Å². The first kappa shape index (κ1) is 17.5. The Kier molecular flexibility index (Phi) is 6.16. The molecule has 1 aliphatic heterocycles. The fourth-order valence-corrected chi connectivity index (χ4v) is 2.95. The van der Waals surface area contributed by atoms with Crippen LogP contribution in [-0.2, 0) is 9.59 Å². The maximum absolute atomic E-state index is 12.2. The average Bonchev–Trinajstić information content (AvgIpc) is 2.53. The highest BCUT2D eigenvalue weighted by molar-refractivity contribution is 5.86. The summed E-state index contributed by atoms with van der Waals surface area (Å²) in [5.41, 5.74) is 2.52. The molecule has 1 heterocycles. The number of para-hydroxylation sites is 1. The molecule has 0 spiro atoms. The number of piperazine rings is 1. The van der Waals surface area contributed by atoms with E-state index in [-0.39, 0.29) is 11.7 Å². The zero-order chi connectivity index (χ0) is 16.8. The molecule has 0 saturated carbocycles. The third-order valence-electron chi connectivity index (χ3n) is 4.20. The summed E-state index contributed by atoms with van der Waals surface area (Å²) in [7, 11) is 3.73. The zero-order valence-electron chi connectivity index (χ0n) is 14.4. The van der Waals surface area contributed by atoms with Gasteiger partial charge >= 0.3 is 0 Å². The van der Waals surface area contributed by atoms with Gasteiger partial charge in [0, 0.05) is 44.7 Å². The van der Waals surface area contributed by atoms with Crippen LogP contribution in [0.1, 0.15) is 18.4 Å². The average molecular weight is 317 g/mol. The summed E-state index contributed by atoms with van der Waals surface area (Å²) in [5, 5.41) is 0. The van der Waals surface area contributed by atoms with Crippen LogP contribution in [-0.4, -0.2) is 68.3 Å². The maximum Gasteiger partial charge on any atom is 0.223 e. The molecule has 0 bridgehead atoms. The van der Waals surface area contributed by atoms with Crippen LogP contribution in [0, 0.1) is 6.92 Å². The Balaban J connectivity index is 1.79. The Morgan fingerprint density at radius 1 is 1.04 bits per heavy atom. The van der Waals surface area contributed by atoms with Crippen molar-refractivity contribution in [2.24, 2.45) is 0 Å². The smallest absolute Gasteiger partial charge is 0.223 e. The minimum absolute atomic E-state index is 0.0986. The fourth-order valence-electron chi connectivity index (χ4n) is 2.95. The number of amides is 1. The van der Waals surface area contributed by atoms with E-state index in [4.69, 9.17) is 0 Å². The first-order chi connectivity index (χ1) is 11.0. The third-order valence-corrected chi connectivity index (χ3v) is 4.20. The molecule has 1 aromatic rings. The van der Waals surface area contributed by atoms with Crippen LogP contribution in [0.5, 0.6) is 0 Å². The molecule has 2 rings (SSSR count). The Hall–Kier alpha value is -1.88. The lowest BCUT2D eigenvalue weighted by Crippen LogP contribution is -2.49. The van der Waals surface area contributed by atoms with E-state index in [9.17, 15) is 9.59 Å². The number of ketones is 1. The highest BCUT2D eigenvalue weighted by atomic mass is 16.2. The summed E-state index contributed by atoms with van der Waals surface area (Å²) in [6, 6.07) is 8.34. The van der Waals surface area contributed by atoms with E-state index in [2.05, 4.69) is 30.0 Å². The van der Waals surface area contributed by atoms with Crippen LogP contribution < -0.4 is 4.90 Å². The molecule has 23 heavy (non-hydrogen) atoms. The van der Waals surface area contributed by atoms with Gasteiger partial charge in [0.1, 0.15) is 5.78 Å². The molecule has 5 heteroatoms. The number of hydrogen-bond donors (Lipinski definition) is 0. The Labute approximate surface area is 138 Å².